The van der Waals surface area contributed by atoms with Gasteiger partial charge in [0.1, 0.15) is 17.1 Å². The van der Waals surface area contributed by atoms with Gasteiger partial charge in [0.25, 0.3) is 0 Å². The van der Waals surface area contributed by atoms with E-state index in [1.165, 1.54) is 0 Å². The van der Waals surface area contributed by atoms with Gasteiger partial charge in [-0.3, -0.25) is 19.5 Å². The predicted molar refractivity (Wildman–Crippen MR) is 139 cm³/mol. The summed E-state index contributed by atoms with van der Waals surface area (Å²) in [6.07, 6.45) is 4.84. The molecule has 9 nitrogen and oxygen atoms in total. The molecule has 2 aromatic rings. The van der Waals surface area contributed by atoms with E-state index >= 15 is 0 Å². The van der Waals surface area contributed by atoms with Crippen molar-refractivity contribution in [2.45, 2.75) is 70.2 Å². The van der Waals surface area contributed by atoms with Crippen molar-refractivity contribution in [3.63, 3.8) is 0 Å². The number of methoxy groups -OCH3 is 1. The molecule has 0 unspecified atom stereocenters. The van der Waals surface area contributed by atoms with Gasteiger partial charge in [0.05, 0.1) is 37.4 Å². The van der Waals surface area contributed by atoms with Crippen LogP contribution in [0.2, 0.25) is 0 Å². The zero-order valence-corrected chi connectivity index (χ0v) is 22.0. The van der Waals surface area contributed by atoms with Gasteiger partial charge in [-0.15, -0.1) is 0 Å². The molecular formula is C28H35N5O4. The number of nitrogens with two attached hydrogens (primary N) is 1. The molecular weight excluding hydrogens is 470 g/mol. The third-order valence-corrected chi connectivity index (χ3v) is 7.38. The van der Waals surface area contributed by atoms with Crippen LogP contribution in [0.1, 0.15) is 70.2 Å². The molecule has 0 saturated heterocycles. The van der Waals surface area contributed by atoms with Crippen molar-refractivity contribution in [1.82, 2.24) is 15.2 Å². The van der Waals surface area contributed by atoms with Crippen molar-refractivity contribution in [2.24, 2.45) is 22.6 Å². The monoisotopic (exact) mass is 505 g/mol. The normalized spacial score (nSPS) is 26.3. The van der Waals surface area contributed by atoms with Gasteiger partial charge in [0.15, 0.2) is 5.96 Å². The molecule has 37 heavy (non-hydrogen) atoms. The van der Waals surface area contributed by atoms with E-state index in [1.807, 2.05) is 58.0 Å². The Morgan fingerprint density at radius 2 is 2.00 bits per heavy atom. The number of para-hydroxylation sites is 1. The zero-order chi connectivity index (χ0) is 26.5. The summed E-state index contributed by atoms with van der Waals surface area (Å²) in [5.41, 5.74) is 7.14. The molecule has 0 radical (unpaired) electrons. The molecule has 5 rings (SSSR count). The SMILES string of the molecule is COc1cncc([C@H]([C@@H]2C[C@H]2C(=O)N[C@H]2CC(C)(C)Oc3ccccc32)N2C(=O)CC(C)(C)N=C2N)c1. The van der Waals surface area contributed by atoms with Gasteiger partial charge in [-0.2, -0.15) is 0 Å². The van der Waals surface area contributed by atoms with Crippen LogP contribution < -0.4 is 20.5 Å². The highest BCUT2D eigenvalue weighted by atomic mass is 16.5. The Morgan fingerprint density at radius 3 is 2.73 bits per heavy atom. The van der Waals surface area contributed by atoms with E-state index in [2.05, 4.69) is 15.3 Å². The lowest BCUT2D eigenvalue weighted by Crippen LogP contribution is -2.52. The Balaban J connectivity index is 1.42. The van der Waals surface area contributed by atoms with Gasteiger partial charge >= 0.3 is 0 Å². The number of fused-ring (bicyclic) bond motifs is 1. The van der Waals surface area contributed by atoms with Crippen LogP contribution in [0.5, 0.6) is 11.5 Å². The standard InChI is InChI=1S/C28H35N5O4/c1-27(2)13-23(34)33(26(29)32-27)24(16-10-17(36-5)15-30-14-16)19-11-20(19)25(35)31-21-12-28(3,4)37-22-9-7-6-8-18(21)22/h6-10,14-15,19-21,24H,11-13H2,1-5H3,(H2,29,32)(H,31,35)/t19-,20-,21+,24-/m1/s1. The number of hydrogen-bond donors (Lipinski definition) is 2. The number of pyridine rings is 1. The van der Waals surface area contributed by atoms with Crippen LogP contribution in [0.25, 0.3) is 0 Å². The van der Waals surface area contributed by atoms with Gasteiger partial charge < -0.3 is 20.5 Å². The van der Waals surface area contributed by atoms with Crippen LogP contribution in [0.3, 0.4) is 0 Å². The van der Waals surface area contributed by atoms with Crippen LogP contribution >= 0.6 is 0 Å². The fourth-order valence-corrected chi connectivity index (χ4v) is 5.66. The highest BCUT2D eigenvalue weighted by molar-refractivity contribution is 5.99. The summed E-state index contributed by atoms with van der Waals surface area (Å²) in [4.78, 5) is 37.3. The van der Waals surface area contributed by atoms with E-state index in [1.54, 1.807) is 24.4 Å². The van der Waals surface area contributed by atoms with E-state index in [9.17, 15) is 9.59 Å². The number of carbonyl (C=O) groups is 2. The zero-order valence-electron chi connectivity index (χ0n) is 22.0. The van der Waals surface area contributed by atoms with Crippen LogP contribution in [0, 0.1) is 11.8 Å². The number of carbonyl (C=O) groups excluding carboxylic acids is 2. The number of benzene rings is 1. The first-order valence-corrected chi connectivity index (χ1v) is 12.7. The van der Waals surface area contributed by atoms with E-state index in [4.69, 9.17) is 15.2 Å². The molecule has 3 aliphatic rings. The fourth-order valence-electron chi connectivity index (χ4n) is 5.66. The predicted octanol–water partition coefficient (Wildman–Crippen LogP) is 3.51. The average Bonchev–Trinajstić information content (AvgIpc) is 3.60. The molecule has 4 atom stereocenters. The Hall–Kier alpha value is -3.62. The Kier molecular flexibility index (Phi) is 6.12. The first-order chi connectivity index (χ1) is 17.5. The summed E-state index contributed by atoms with van der Waals surface area (Å²) >= 11 is 0. The number of hydrogen-bond acceptors (Lipinski definition) is 7. The first kappa shape index (κ1) is 25.0. The first-order valence-electron chi connectivity index (χ1n) is 12.7. The minimum absolute atomic E-state index is 0.0383. The lowest BCUT2D eigenvalue weighted by Gasteiger charge is -2.38. The van der Waals surface area contributed by atoms with Crippen LogP contribution in [-0.4, -0.2) is 45.9 Å². The lowest BCUT2D eigenvalue weighted by atomic mass is 9.89. The molecule has 3 heterocycles. The van der Waals surface area contributed by atoms with Gasteiger partial charge in [-0.05, 0) is 57.7 Å². The van der Waals surface area contributed by atoms with E-state index in [-0.39, 0.29) is 42.1 Å². The van der Waals surface area contributed by atoms with Crippen molar-refractivity contribution in [1.29, 1.82) is 0 Å². The smallest absolute Gasteiger partial charge is 0.232 e. The maximum Gasteiger partial charge on any atom is 0.232 e. The number of amides is 2. The van der Waals surface area contributed by atoms with Crippen LogP contribution in [0.15, 0.2) is 47.7 Å². The summed E-state index contributed by atoms with van der Waals surface area (Å²) in [6.45, 7) is 7.83. The molecule has 0 bridgehead atoms. The highest BCUT2D eigenvalue weighted by Crippen LogP contribution is 2.52. The summed E-state index contributed by atoms with van der Waals surface area (Å²) in [5.74, 6) is 0.980. The summed E-state index contributed by atoms with van der Waals surface area (Å²) in [7, 11) is 1.57. The molecule has 1 aliphatic carbocycles. The van der Waals surface area contributed by atoms with Crippen molar-refractivity contribution in [2.75, 3.05) is 7.11 Å². The third-order valence-electron chi connectivity index (χ3n) is 7.38. The maximum atomic E-state index is 13.6. The molecule has 1 saturated carbocycles. The van der Waals surface area contributed by atoms with E-state index < -0.39 is 17.2 Å². The Bertz CT molecular complexity index is 1260. The molecule has 9 heteroatoms. The van der Waals surface area contributed by atoms with E-state index in [0.29, 0.717) is 18.6 Å². The highest BCUT2D eigenvalue weighted by Gasteiger charge is 2.53. The van der Waals surface area contributed by atoms with Gasteiger partial charge in [0.2, 0.25) is 11.8 Å². The number of ether oxygens (including phenoxy) is 2. The number of aromatic nitrogens is 1. The largest absolute Gasteiger partial charge is 0.495 e. The molecule has 1 aromatic heterocycles. The second kappa shape index (κ2) is 9.04. The molecule has 2 aliphatic heterocycles. The van der Waals surface area contributed by atoms with Crippen molar-refractivity contribution >= 4 is 17.8 Å². The maximum absolute atomic E-state index is 13.6. The molecule has 1 fully saturated rings. The van der Waals surface area contributed by atoms with Gasteiger partial charge in [-0.1, -0.05) is 18.2 Å². The molecule has 1 aromatic carbocycles. The third kappa shape index (κ3) is 4.99. The molecule has 2 amide bonds. The number of nitrogens with zero attached hydrogens (tertiary/aromatic N) is 3. The number of aliphatic imine (C=N–C) groups is 1. The quantitative estimate of drug-likeness (QED) is 0.620. The number of rotatable bonds is 6. The average molecular weight is 506 g/mol. The second-order valence-electron chi connectivity index (χ2n) is 11.5. The number of guanidine groups is 1. The van der Waals surface area contributed by atoms with Crippen LogP contribution in [0.4, 0.5) is 0 Å². The molecule has 3 N–H and O–H groups in total. The Labute approximate surface area is 217 Å². The minimum Gasteiger partial charge on any atom is -0.495 e. The second-order valence-corrected chi connectivity index (χ2v) is 11.5. The number of nitrogens with one attached hydrogen (secondary N) is 1. The van der Waals surface area contributed by atoms with Gasteiger partial charge in [-0.25, -0.2) is 4.99 Å². The molecule has 196 valence electrons. The van der Waals surface area contributed by atoms with Crippen molar-refractivity contribution in [3.8, 4) is 11.5 Å². The van der Waals surface area contributed by atoms with Gasteiger partial charge in [0, 0.05) is 24.1 Å². The Morgan fingerprint density at radius 1 is 1.24 bits per heavy atom. The molecule has 0 spiro atoms. The summed E-state index contributed by atoms with van der Waals surface area (Å²) in [5, 5.41) is 3.27. The van der Waals surface area contributed by atoms with Crippen molar-refractivity contribution < 1.29 is 19.1 Å². The van der Waals surface area contributed by atoms with Crippen molar-refractivity contribution in [3.05, 3.63) is 53.9 Å². The summed E-state index contributed by atoms with van der Waals surface area (Å²) < 4.78 is 11.5. The fraction of sp³-hybridized carbons (Fsp3) is 0.500. The summed E-state index contributed by atoms with van der Waals surface area (Å²) in [6, 6.07) is 9.05. The minimum atomic E-state index is -0.571. The topological polar surface area (TPSA) is 119 Å². The van der Waals surface area contributed by atoms with Crippen LogP contribution in [-0.2, 0) is 9.59 Å². The lowest BCUT2D eigenvalue weighted by molar-refractivity contribution is -0.132. The van der Waals surface area contributed by atoms with E-state index in [0.717, 1.165) is 16.9 Å².